The normalized spacial score (nSPS) is 10.6. The van der Waals surface area contributed by atoms with Crippen LogP contribution in [0.15, 0.2) is 60.3 Å². The van der Waals surface area contributed by atoms with Gasteiger partial charge in [0.1, 0.15) is 11.6 Å². The number of aromatic nitrogens is 3. The Balaban J connectivity index is 1.68. The molecular weight excluding hydrogens is 430 g/mol. The first kappa shape index (κ1) is 23.0. The van der Waals surface area contributed by atoms with Gasteiger partial charge in [-0.25, -0.2) is 0 Å². The second kappa shape index (κ2) is 10.6. The van der Waals surface area contributed by atoms with Gasteiger partial charge >= 0.3 is 0 Å². The number of aryl methyl sites for hydroxylation is 1. The van der Waals surface area contributed by atoms with Gasteiger partial charge in [0, 0.05) is 25.1 Å². The van der Waals surface area contributed by atoms with Crippen LogP contribution in [0.5, 0.6) is 5.75 Å². The van der Waals surface area contributed by atoms with E-state index in [-0.39, 0.29) is 17.3 Å². The number of rotatable bonds is 10. The van der Waals surface area contributed by atoms with E-state index in [1.807, 2.05) is 28.8 Å². The Hall–Kier alpha value is -3.66. The van der Waals surface area contributed by atoms with Crippen LogP contribution >= 0.6 is 11.8 Å². The highest BCUT2D eigenvalue weighted by atomic mass is 32.2. The van der Waals surface area contributed by atoms with Gasteiger partial charge in [-0.1, -0.05) is 36.0 Å². The molecule has 3 aromatic rings. The summed E-state index contributed by atoms with van der Waals surface area (Å²) in [5, 5.41) is 22.8. The Kier molecular flexibility index (Phi) is 7.61. The lowest BCUT2D eigenvalue weighted by atomic mass is 10.1. The highest BCUT2D eigenvalue weighted by molar-refractivity contribution is 7.99. The number of allylic oxidation sites excluding steroid dienone is 1. The smallest absolute Gasteiger partial charge is 0.271 e. The molecule has 0 aliphatic heterocycles. The molecule has 1 N–H and O–H groups in total. The molecule has 0 aliphatic rings. The van der Waals surface area contributed by atoms with Gasteiger partial charge in [-0.3, -0.25) is 14.9 Å². The number of nitrogens with zero attached hydrogens (tertiary/aromatic N) is 4. The van der Waals surface area contributed by atoms with Crippen LogP contribution in [0.3, 0.4) is 0 Å². The first-order valence-electron chi connectivity index (χ1n) is 9.75. The predicted octanol–water partition coefficient (Wildman–Crippen LogP) is 4.01. The van der Waals surface area contributed by atoms with E-state index in [4.69, 9.17) is 4.74 Å². The van der Waals surface area contributed by atoms with Crippen molar-refractivity contribution in [3.8, 4) is 5.75 Å². The van der Waals surface area contributed by atoms with Crippen LogP contribution in [0.4, 0.5) is 11.4 Å². The second-order valence-electron chi connectivity index (χ2n) is 6.92. The molecule has 3 rings (SSSR count). The van der Waals surface area contributed by atoms with Crippen LogP contribution in [0.25, 0.3) is 0 Å². The predicted molar refractivity (Wildman–Crippen MR) is 123 cm³/mol. The minimum atomic E-state index is -0.494. The molecular formula is C22H23N5O4S. The largest absolute Gasteiger partial charge is 0.497 e. The molecule has 0 unspecified atom stereocenters. The SMILES string of the molecule is C=CCn1c(Cc2ccc(OC)cc2)nnc1SCC(=O)Nc1cc([N+](=O)[O-])ccc1C. The summed E-state index contributed by atoms with van der Waals surface area (Å²) in [6, 6.07) is 12.1. The van der Waals surface area contributed by atoms with Crippen LogP contribution in [0, 0.1) is 17.0 Å². The number of benzene rings is 2. The quantitative estimate of drug-likeness (QED) is 0.214. The van der Waals surface area contributed by atoms with Crippen LogP contribution in [0.2, 0.25) is 0 Å². The van der Waals surface area contributed by atoms with E-state index in [0.29, 0.717) is 23.8 Å². The number of ether oxygens (including phenoxy) is 1. The van der Waals surface area contributed by atoms with Gasteiger partial charge in [0.2, 0.25) is 5.91 Å². The maximum Gasteiger partial charge on any atom is 0.271 e. The summed E-state index contributed by atoms with van der Waals surface area (Å²) in [6.45, 7) is 6.08. The zero-order valence-corrected chi connectivity index (χ0v) is 18.6. The first-order chi connectivity index (χ1) is 15.4. The Morgan fingerprint density at radius 1 is 1.28 bits per heavy atom. The van der Waals surface area contributed by atoms with E-state index in [1.54, 1.807) is 26.2 Å². The van der Waals surface area contributed by atoms with E-state index in [1.165, 1.54) is 23.9 Å². The average molecular weight is 454 g/mol. The van der Waals surface area contributed by atoms with E-state index >= 15 is 0 Å². The first-order valence-corrected chi connectivity index (χ1v) is 10.7. The van der Waals surface area contributed by atoms with Gasteiger partial charge in [0.05, 0.1) is 23.5 Å². The van der Waals surface area contributed by atoms with Gasteiger partial charge in [-0.2, -0.15) is 0 Å². The zero-order chi connectivity index (χ0) is 23.1. The van der Waals surface area contributed by atoms with Gasteiger partial charge in [-0.15, -0.1) is 16.8 Å². The third-order valence-electron chi connectivity index (χ3n) is 4.66. The topological polar surface area (TPSA) is 112 Å². The number of non-ortho nitro benzene ring substituents is 1. The summed E-state index contributed by atoms with van der Waals surface area (Å²) in [5.41, 5.74) is 2.13. The molecule has 0 bridgehead atoms. The number of carbonyl (C=O) groups is 1. The van der Waals surface area contributed by atoms with E-state index in [9.17, 15) is 14.9 Å². The molecule has 1 heterocycles. The number of nitro benzene ring substituents is 1. The van der Waals surface area contributed by atoms with E-state index in [2.05, 4.69) is 22.1 Å². The molecule has 166 valence electrons. The molecule has 0 aliphatic carbocycles. The fraction of sp³-hybridized carbons (Fsp3) is 0.227. The lowest BCUT2D eigenvalue weighted by Crippen LogP contribution is -2.15. The lowest BCUT2D eigenvalue weighted by molar-refractivity contribution is -0.384. The molecule has 10 heteroatoms. The molecule has 32 heavy (non-hydrogen) atoms. The van der Waals surface area contributed by atoms with Crippen molar-refractivity contribution >= 4 is 29.0 Å². The molecule has 0 radical (unpaired) electrons. The Morgan fingerprint density at radius 3 is 2.69 bits per heavy atom. The summed E-state index contributed by atoms with van der Waals surface area (Å²) in [5.74, 6) is 1.33. The minimum Gasteiger partial charge on any atom is -0.497 e. The van der Waals surface area contributed by atoms with Crippen LogP contribution in [-0.4, -0.2) is 38.5 Å². The number of carbonyl (C=O) groups excluding carboxylic acids is 1. The summed E-state index contributed by atoms with van der Waals surface area (Å²) < 4.78 is 7.10. The zero-order valence-electron chi connectivity index (χ0n) is 17.8. The van der Waals surface area contributed by atoms with Crippen molar-refractivity contribution in [1.82, 2.24) is 14.8 Å². The van der Waals surface area contributed by atoms with Gasteiger partial charge in [0.15, 0.2) is 5.16 Å². The maximum atomic E-state index is 12.5. The number of methoxy groups -OCH3 is 1. The van der Waals surface area contributed by atoms with Crippen molar-refractivity contribution < 1.29 is 14.5 Å². The molecule has 0 spiro atoms. The van der Waals surface area contributed by atoms with Crippen molar-refractivity contribution in [2.24, 2.45) is 0 Å². The number of nitrogens with one attached hydrogen (secondary N) is 1. The molecule has 2 aromatic carbocycles. The molecule has 9 nitrogen and oxygen atoms in total. The highest BCUT2D eigenvalue weighted by Crippen LogP contribution is 2.24. The Morgan fingerprint density at radius 2 is 2.03 bits per heavy atom. The lowest BCUT2D eigenvalue weighted by Gasteiger charge is -2.10. The molecule has 0 saturated heterocycles. The van der Waals surface area contributed by atoms with Crippen LogP contribution in [-0.2, 0) is 17.8 Å². The molecule has 0 fully saturated rings. The summed E-state index contributed by atoms with van der Waals surface area (Å²) >= 11 is 1.24. The maximum absolute atomic E-state index is 12.5. The van der Waals surface area contributed by atoms with Crippen LogP contribution in [0.1, 0.15) is 17.0 Å². The molecule has 0 saturated carbocycles. The number of hydrogen-bond acceptors (Lipinski definition) is 7. The standard InChI is InChI=1S/C22H23N5O4S/c1-4-11-26-20(12-16-6-9-18(31-3)10-7-16)24-25-22(26)32-14-21(28)23-19-13-17(27(29)30)8-5-15(19)2/h4-10,13H,1,11-12,14H2,2-3H3,(H,23,28). The fourth-order valence-corrected chi connectivity index (χ4v) is 3.74. The number of nitro groups is 1. The summed E-state index contributed by atoms with van der Waals surface area (Å²) in [4.78, 5) is 22.9. The van der Waals surface area contributed by atoms with Crippen molar-refractivity contribution in [2.45, 2.75) is 25.0 Å². The number of thioether (sulfide) groups is 1. The van der Waals surface area contributed by atoms with Gasteiger partial charge in [-0.05, 0) is 30.2 Å². The summed E-state index contributed by atoms with van der Waals surface area (Å²) in [6.07, 6.45) is 2.32. The summed E-state index contributed by atoms with van der Waals surface area (Å²) in [7, 11) is 1.62. The second-order valence-corrected chi connectivity index (χ2v) is 7.86. The van der Waals surface area contributed by atoms with E-state index < -0.39 is 4.92 Å². The highest BCUT2D eigenvalue weighted by Gasteiger charge is 2.16. The molecule has 1 amide bonds. The van der Waals surface area contributed by atoms with Crippen molar-refractivity contribution in [1.29, 1.82) is 0 Å². The Labute approximate surface area is 189 Å². The third kappa shape index (κ3) is 5.73. The monoisotopic (exact) mass is 453 g/mol. The van der Waals surface area contributed by atoms with Gasteiger partial charge in [0.25, 0.3) is 5.69 Å². The minimum absolute atomic E-state index is 0.0764. The average Bonchev–Trinajstić information content (AvgIpc) is 3.15. The van der Waals surface area contributed by atoms with Gasteiger partial charge < -0.3 is 14.6 Å². The number of hydrogen-bond donors (Lipinski definition) is 1. The fourth-order valence-electron chi connectivity index (χ4n) is 2.97. The molecule has 0 atom stereocenters. The third-order valence-corrected chi connectivity index (χ3v) is 5.63. The van der Waals surface area contributed by atoms with E-state index in [0.717, 1.165) is 22.7 Å². The van der Waals surface area contributed by atoms with Crippen molar-refractivity contribution in [3.05, 3.63) is 82.2 Å². The van der Waals surface area contributed by atoms with Crippen LogP contribution < -0.4 is 10.1 Å². The van der Waals surface area contributed by atoms with Crippen molar-refractivity contribution in [3.63, 3.8) is 0 Å². The number of anilines is 1. The Bertz CT molecular complexity index is 1130. The molecule has 1 aromatic heterocycles. The van der Waals surface area contributed by atoms with Crippen molar-refractivity contribution in [2.75, 3.05) is 18.2 Å². The number of amides is 1.